The Labute approximate surface area is 113 Å². The van der Waals surface area contributed by atoms with Gasteiger partial charge in [-0.2, -0.15) is 13.2 Å². The molecule has 0 saturated carbocycles. The minimum absolute atomic E-state index is 0.131. The van der Waals surface area contributed by atoms with Gasteiger partial charge in [-0.1, -0.05) is 36.4 Å². The topological polar surface area (TPSA) is 37.3 Å². The Balaban J connectivity index is 2.54. The van der Waals surface area contributed by atoms with Crippen molar-refractivity contribution in [1.29, 1.82) is 0 Å². The van der Waals surface area contributed by atoms with E-state index >= 15 is 0 Å². The molecule has 0 spiro atoms. The van der Waals surface area contributed by atoms with Gasteiger partial charge in [-0.25, -0.2) is 0 Å². The summed E-state index contributed by atoms with van der Waals surface area (Å²) in [5, 5.41) is 8.74. The highest BCUT2D eigenvalue weighted by atomic mass is 19.4. The van der Waals surface area contributed by atoms with E-state index in [4.69, 9.17) is 5.11 Å². The van der Waals surface area contributed by atoms with Gasteiger partial charge in [-0.3, -0.25) is 4.79 Å². The lowest BCUT2D eigenvalue weighted by Crippen LogP contribution is -2.08. The van der Waals surface area contributed by atoms with Gasteiger partial charge >= 0.3 is 12.1 Å². The minimum Gasteiger partial charge on any atom is -0.481 e. The molecule has 0 aliphatic rings. The largest absolute Gasteiger partial charge is 0.481 e. The quantitative estimate of drug-likeness (QED) is 0.922. The van der Waals surface area contributed by atoms with Gasteiger partial charge in [0.15, 0.2) is 0 Å². The van der Waals surface area contributed by atoms with Crippen LogP contribution in [-0.4, -0.2) is 11.1 Å². The van der Waals surface area contributed by atoms with Crippen LogP contribution in [0.1, 0.15) is 11.1 Å². The van der Waals surface area contributed by atoms with Crippen LogP contribution in [0.4, 0.5) is 13.2 Å². The van der Waals surface area contributed by atoms with Crippen LogP contribution in [0.25, 0.3) is 11.1 Å². The Kier molecular flexibility index (Phi) is 3.79. The van der Waals surface area contributed by atoms with Crippen molar-refractivity contribution in [1.82, 2.24) is 0 Å². The standard InChI is InChI=1S/C15H11F3O2/c16-15(17,18)13-7-10(8-14(19)20)6-12(9-13)11-4-2-1-3-5-11/h1-7,9H,8H2,(H,19,20). The highest BCUT2D eigenvalue weighted by Gasteiger charge is 2.31. The third kappa shape index (κ3) is 3.38. The Morgan fingerprint density at radius 1 is 1.00 bits per heavy atom. The molecule has 0 radical (unpaired) electrons. The van der Waals surface area contributed by atoms with Crippen LogP contribution in [0.15, 0.2) is 48.5 Å². The number of hydrogen-bond acceptors (Lipinski definition) is 1. The maximum absolute atomic E-state index is 12.9. The zero-order valence-electron chi connectivity index (χ0n) is 10.3. The number of carbonyl (C=O) groups is 1. The number of carboxylic acids is 1. The number of rotatable bonds is 3. The summed E-state index contributed by atoms with van der Waals surface area (Å²) in [4.78, 5) is 10.7. The Morgan fingerprint density at radius 3 is 2.20 bits per heavy atom. The first-order valence-electron chi connectivity index (χ1n) is 5.84. The van der Waals surface area contributed by atoms with E-state index < -0.39 is 24.1 Å². The number of halogens is 3. The predicted octanol–water partition coefficient (Wildman–Crippen LogP) is 4.00. The van der Waals surface area contributed by atoms with Crippen molar-refractivity contribution in [3.8, 4) is 11.1 Å². The molecule has 2 rings (SSSR count). The molecule has 20 heavy (non-hydrogen) atoms. The third-order valence-electron chi connectivity index (χ3n) is 2.78. The van der Waals surface area contributed by atoms with Gasteiger partial charge in [0.1, 0.15) is 0 Å². The zero-order valence-corrected chi connectivity index (χ0v) is 10.3. The molecule has 0 saturated heterocycles. The number of benzene rings is 2. The van der Waals surface area contributed by atoms with Crippen LogP contribution < -0.4 is 0 Å². The van der Waals surface area contributed by atoms with Crippen LogP contribution >= 0.6 is 0 Å². The highest BCUT2D eigenvalue weighted by Crippen LogP contribution is 2.33. The SMILES string of the molecule is O=C(O)Cc1cc(-c2ccccc2)cc(C(F)(F)F)c1. The van der Waals surface area contributed by atoms with Crippen molar-refractivity contribution in [2.24, 2.45) is 0 Å². The van der Waals surface area contributed by atoms with Crippen molar-refractivity contribution < 1.29 is 23.1 Å². The van der Waals surface area contributed by atoms with Gasteiger partial charge in [-0.15, -0.1) is 0 Å². The number of carboxylic acid groups (broad SMARTS) is 1. The van der Waals surface area contributed by atoms with Crippen molar-refractivity contribution >= 4 is 5.97 Å². The van der Waals surface area contributed by atoms with Crippen LogP contribution in [0, 0.1) is 0 Å². The fourth-order valence-electron chi connectivity index (χ4n) is 1.93. The summed E-state index contributed by atoms with van der Waals surface area (Å²) >= 11 is 0. The lowest BCUT2D eigenvalue weighted by molar-refractivity contribution is -0.138. The summed E-state index contributed by atoms with van der Waals surface area (Å²) in [5.74, 6) is -1.16. The highest BCUT2D eigenvalue weighted by molar-refractivity contribution is 5.72. The normalized spacial score (nSPS) is 11.3. The molecular weight excluding hydrogens is 269 g/mol. The van der Waals surface area contributed by atoms with E-state index in [-0.39, 0.29) is 5.56 Å². The van der Waals surface area contributed by atoms with Gasteiger partial charge in [-0.05, 0) is 28.8 Å². The molecule has 0 unspecified atom stereocenters. The molecule has 2 nitrogen and oxygen atoms in total. The molecule has 0 bridgehead atoms. The molecule has 0 heterocycles. The summed E-state index contributed by atoms with van der Waals surface area (Å²) in [5.41, 5.74) is 0.267. The van der Waals surface area contributed by atoms with E-state index in [9.17, 15) is 18.0 Å². The van der Waals surface area contributed by atoms with Crippen LogP contribution in [-0.2, 0) is 17.4 Å². The third-order valence-corrected chi connectivity index (χ3v) is 2.78. The van der Waals surface area contributed by atoms with Gasteiger partial charge in [0.2, 0.25) is 0 Å². The Bertz CT molecular complexity index is 619. The number of aliphatic carboxylic acids is 1. The minimum atomic E-state index is -4.50. The number of hydrogen-bond donors (Lipinski definition) is 1. The van der Waals surface area contributed by atoms with Gasteiger partial charge in [0, 0.05) is 0 Å². The van der Waals surface area contributed by atoms with Gasteiger partial charge < -0.3 is 5.11 Å². The molecule has 0 fully saturated rings. The van der Waals surface area contributed by atoms with E-state index in [2.05, 4.69) is 0 Å². The molecule has 0 aliphatic carbocycles. The van der Waals surface area contributed by atoms with Gasteiger partial charge in [0.25, 0.3) is 0 Å². The van der Waals surface area contributed by atoms with Crippen LogP contribution in [0.2, 0.25) is 0 Å². The first kappa shape index (κ1) is 14.1. The first-order valence-corrected chi connectivity index (χ1v) is 5.84. The lowest BCUT2D eigenvalue weighted by atomic mass is 9.98. The molecule has 5 heteroatoms. The monoisotopic (exact) mass is 280 g/mol. The van der Waals surface area contributed by atoms with E-state index in [0.717, 1.165) is 12.1 Å². The maximum Gasteiger partial charge on any atom is 0.416 e. The smallest absolute Gasteiger partial charge is 0.416 e. The van der Waals surface area contributed by atoms with Crippen LogP contribution in [0.5, 0.6) is 0 Å². The summed E-state index contributed by atoms with van der Waals surface area (Å²) < 4.78 is 38.6. The molecule has 0 atom stereocenters. The molecule has 104 valence electrons. The summed E-state index contributed by atoms with van der Waals surface area (Å²) in [7, 11) is 0. The number of alkyl halides is 3. The molecular formula is C15H11F3O2. The summed E-state index contributed by atoms with van der Waals surface area (Å²) in [6.07, 6.45) is -4.94. The zero-order chi connectivity index (χ0) is 14.8. The van der Waals surface area contributed by atoms with E-state index in [1.807, 2.05) is 0 Å². The molecule has 1 N–H and O–H groups in total. The second kappa shape index (κ2) is 5.36. The van der Waals surface area contributed by atoms with Crippen molar-refractivity contribution in [2.45, 2.75) is 12.6 Å². The first-order chi connectivity index (χ1) is 9.36. The molecule has 2 aromatic rings. The maximum atomic E-state index is 12.9. The van der Waals surface area contributed by atoms with Crippen molar-refractivity contribution in [3.05, 3.63) is 59.7 Å². The lowest BCUT2D eigenvalue weighted by Gasteiger charge is -2.11. The second-order valence-electron chi connectivity index (χ2n) is 4.35. The van der Waals surface area contributed by atoms with Crippen molar-refractivity contribution in [2.75, 3.05) is 0 Å². The molecule has 0 aromatic heterocycles. The van der Waals surface area contributed by atoms with E-state index in [1.165, 1.54) is 6.07 Å². The summed E-state index contributed by atoms with van der Waals surface area (Å²) in [6, 6.07) is 11.9. The summed E-state index contributed by atoms with van der Waals surface area (Å²) in [6.45, 7) is 0. The average Bonchev–Trinajstić information content (AvgIpc) is 2.37. The Hall–Kier alpha value is -2.30. The predicted molar refractivity (Wildman–Crippen MR) is 68.2 cm³/mol. The average molecular weight is 280 g/mol. The fourth-order valence-corrected chi connectivity index (χ4v) is 1.93. The molecule has 0 amide bonds. The van der Waals surface area contributed by atoms with E-state index in [1.54, 1.807) is 30.3 Å². The van der Waals surface area contributed by atoms with Gasteiger partial charge in [0.05, 0.1) is 12.0 Å². The van der Waals surface area contributed by atoms with Crippen molar-refractivity contribution in [3.63, 3.8) is 0 Å². The second-order valence-corrected chi connectivity index (χ2v) is 4.35. The van der Waals surface area contributed by atoms with Crippen LogP contribution in [0.3, 0.4) is 0 Å². The fraction of sp³-hybridized carbons (Fsp3) is 0.133. The van der Waals surface area contributed by atoms with E-state index in [0.29, 0.717) is 11.1 Å². The molecule has 0 aliphatic heterocycles. The molecule has 2 aromatic carbocycles. The Morgan fingerprint density at radius 2 is 1.65 bits per heavy atom.